The van der Waals surface area contributed by atoms with Crippen molar-refractivity contribution >= 4 is 29.1 Å². The highest BCUT2D eigenvalue weighted by Crippen LogP contribution is 2.40. The van der Waals surface area contributed by atoms with E-state index in [1.807, 2.05) is 13.8 Å². The van der Waals surface area contributed by atoms with Crippen LogP contribution in [-0.2, 0) is 9.53 Å². The Labute approximate surface area is 139 Å². The maximum Gasteiger partial charge on any atom is 0.329 e. The molecule has 1 aromatic rings. The number of halogens is 1. The van der Waals surface area contributed by atoms with Gasteiger partial charge in [0.15, 0.2) is 0 Å². The Balaban J connectivity index is 2.54. The van der Waals surface area contributed by atoms with Crippen LogP contribution < -0.4 is 4.90 Å². The molecule has 0 N–H and O–H groups in total. The van der Waals surface area contributed by atoms with Crippen molar-refractivity contribution in [3.05, 3.63) is 21.6 Å². The summed E-state index contributed by atoms with van der Waals surface area (Å²) in [6.45, 7) is 3.76. The molecule has 0 radical (unpaired) electrons. The minimum absolute atomic E-state index is 0.0617. The Kier molecular flexibility index (Phi) is 5.35. The number of nitro groups is 1. The highest BCUT2D eigenvalue weighted by atomic mass is 35.5. The minimum Gasteiger partial charge on any atom is -0.467 e. The standard InChI is InChI=1S/C14H19ClN4O4/c1-4-10(13(20)23-3)18(8(2)9-5-6-9)12-11(19(21)22)7-16-14(15)17-12/h7-10H,4-6H2,1-3H3. The van der Waals surface area contributed by atoms with E-state index < -0.39 is 16.9 Å². The van der Waals surface area contributed by atoms with Gasteiger partial charge in [0.05, 0.1) is 12.0 Å². The highest BCUT2D eigenvalue weighted by molar-refractivity contribution is 6.28. The number of rotatable bonds is 7. The van der Waals surface area contributed by atoms with Crippen molar-refractivity contribution in [2.45, 2.75) is 45.2 Å². The van der Waals surface area contributed by atoms with Gasteiger partial charge in [-0.1, -0.05) is 6.92 Å². The van der Waals surface area contributed by atoms with Crippen LogP contribution in [-0.4, -0.2) is 40.1 Å². The van der Waals surface area contributed by atoms with Gasteiger partial charge in [0.2, 0.25) is 11.1 Å². The summed E-state index contributed by atoms with van der Waals surface area (Å²) in [5.74, 6) is -0.0299. The molecule has 1 fully saturated rings. The van der Waals surface area contributed by atoms with Crippen LogP contribution in [0.5, 0.6) is 0 Å². The summed E-state index contributed by atoms with van der Waals surface area (Å²) in [7, 11) is 1.30. The second-order valence-electron chi connectivity index (χ2n) is 5.54. The summed E-state index contributed by atoms with van der Waals surface area (Å²) in [5, 5.41) is 11.2. The van der Waals surface area contributed by atoms with Gasteiger partial charge in [-0.05, 0) is 43.7 Å². The topological polar surface area (TPSA) is 98.5 Å². The summed E-state index contributed by atoms with van der Waals surface area (Å²) in [5.41, 5.74) is -0.274. The predicted octanol–water partition coefficient (Wildman–Crippen LogP) is 2.59. The van der Waals surface area contributed by atoms with E-state index >= 15 is 0 Å². The van der Waals surface area contributed by atoms with Crippen molar-refractivity contribution in [1.82, 2.24) is 9.97 Å². The molecular weight excluding hydrogens is 324 g/mol. The van der Waals surface area contributed by atoms with E-state index in [1.54, 1.807) is 4.90 Å². The van der Waals surface area contributed by atoms with Gasteiger partial charge in [-0.3, -0.25) is 10.1 Å². The van der Waals surface area contributed by atoms with Crippen LogP contribution >= 0.6 is 11.6 Å². The first kappa shape index (κ1) is 17.4. The number of carbonyl (C=O) groups is 1. The van der Waals surface area contributed by atoms with E-state index in [4.69, 9.17) is 16.3 Å². The fourth-order valence-corrected chi connectivity index (χ4v) is 2.84. The SMILES string of the molecule is CCC(C(=O)OC)N(c1nc(Cl)ncc1[N+](=O)[O-])C(C)C1CC1. The number of hydrogen-bond acceptors (Lipinski definition) is 7. The molecule has 2 atom stereocenters. The molecule has 1 aliphatic carbocycles. The van der Waals surface area contributed by atoms with Crippen molar-refractivity contribution in [2.75, 3.05) is 12.0 Å². The van der Waals surface area contributed by atoms with E-state index in [-0.39, 0.29) is 22.8 Å². The lowest BCUT2D eigenvalue weighted by Gasteiger charge is -2.35. The zero-order valence-corrected chi connectivity index (χ0v) is 14.0. The molecule has 8 nitrogen and oxygen atoms in total. The Hall–Kier alpha value is -1.96. The highest BCUT2D eigenvalue weighted by Gasteiger charge is 2.41. The Morgan fingerprint density at radius 2 is 2.26 bits per heavy atom. The quantitative estimate of drug-likeness (QED) is 0.325. The fraction of sp³-hybridized carbons (Fsp3) is 0.643. The number of hydrogen-bond donors (Lipinski definition) is 0. The molecule has 0 aromatic carbocycles. The summed E-state index contributed by atoms with van der Waals surface area (Å²) < 4.78 is 4.86. The van der Waals surface area contributed by atoms with Crippen LogP contribution in [0.25, 0.3) is 0 Å². The lowest BCUT2D eigenvalue weighted by Crippen LogP contribution is -2.48. The van der Waals surface area contributed by atoms with Gasteiger partial charge in [0.25, 0.3) is 0 Å². The van der Waals surface area contributed by atoms with Crippen molar-refractivity contribution in [3.63, 3.8) is 0 Å². The van der Waals surface area contributed by atoms with Crippen LogP contribution in [0.2, 0.25) is 5.28 Å². The monoisotopic (exact) mass is 342 g/mol. The van der Waals surface area contributed by atoms with Crippen LogP contribution in [0.3, 0.4) is 0 Å². The molecular formula is C14H19ClN4O4. The second kappa shape index (κ2) is 7.08. The number of methoxy groups -OCH3 is 1. The molecule has 0 bridgehead atoms. The van der Waals surface area contributed by atoms with E-state index in [0.29, 0.717) is 12.3 Å². The zero-order chi connectivity index (χ0) is 17.1. The Morgan fingerprint density at radius 3 is 2.74 bits per heavy atom. The van der Waals surface area contributed by atoms with Crippen molar-refractivity contribution < 1.29 is 14.5 Å². The molecule has 1 aromatic heterocycles. The Morgan fingerprint density at radius 1 is 1.61 bits per heavy atom. The van der Waals surface area contributed by atoms with E-state index in [9.17, 15) is 14.9 Å². The third-order valence-corrected chi connectivity index (χ3v) is 4.28. The normalized spacial score (nSPS) is 16.5. The zero-order valence-electron chi connectivity index (χ0n) is 13.2. The number of ether oxygens (including phenoxy) is 1. The first-order valence-electron chi connectivity index (χ1n) is 7.43. The summed E-state index contributed by atoms with van der Waals surface area (Å²) in [4.78, 5) is 32.3. The summed E-state index contributed by atoms with van der Waals surface area (Å²) >= 11 is 5.84. The van der Waals surface area contributed by atoms with Crippen molar-refractivity contribution in [1.29, 1.82) is 0 Å². The third kappa shape index (κ3) is 3.69. The molecule has 126 valence electrons. The molecule has 0 spiro atoms. The molecule has 1 aliphatic rings. The lowest BCUT2D eigenvalue weighted by atomic mass is 10.1. The number of nitrogens with zero attached hydrogens (tertiary/aromatic N) is 4. The molecule has 2 rings (SSSR count). The summed E-state index contributed by atoms with van der Waals surface area (Å²) in [6.07, 6.45) is 3.54. The van der Waals surface area contributed by atoms with Gasteiger partial charge in [0.1, 0.15) is 12.2 Å². The maximum absolute atomic E-state index is 12.2. The van der Waals surface area contributed by atoms with Crippen LogP contribution in [0.4, 0.5) is 11.5 Å². The predicted molar refractivity (Wildman–Crippen MR) is 84.5 cm³/mol. The molecule has 9 heteroatoms. The second-order valence-corrected chi connectivity index (χ2v) is 5.88. The van der Waals surface area contributed by atoms with Gasteiger partial charge >= 0.3 is 11.7 Å². The maximum atomic E-state index is 12.2. The van der Waals surface area contributed by atoms with Crippen LogP contribution in [0, 0.1) is 16.0 Å². The van der Waals surface area contributed by atoms with E-state index in [1.165, 1.54) is 7.11 Å². The fourth-order valence-electron chi connectivity index (χ4n) is 2.71. The van der Waals surface area contributed by atoms with Gasteiger partial charge in [0, 0.05) is 6.04 Å². The van der Waals surface area contributed by atoms with E-state index in [2.05, 4.69) is 9.97 Å². The molecule has 1 heterocycles. The van der Waals surface area contributed by atoms with Gasteiger partial charge in [-0.15, -0.1) is 0 Å². The smallest absolute Gasteiger partial charge is 0.329 e. The van der Waals surface area contributed by atoms with Crippen LogP contribution in [0.15, 0.2) is 6.20 Å². The molecule has 0 saturated heterocycles. The summed E-state index contributed by atoms with van der Waals surface area (Å²) in [6, 6.07) is -0.760. The average Bonchev–Trinajstić information content (AvgIpc) is 3.35. The van der Waals surface area contributed by atoms with Gasteiger partial charge in [-0.2, -0.15) is 4.98 Å². The van der Waals surface area contributed by atoms with Gasteiger partial charge in [-0.25, -0.2) is 9.78 Å². The van der Waals surface area contributed by atoms with E-state index in [0.717, 1.165) is 19.0 Å². The average molecular weight is 343 g/mol. The lowest BCUT2D eigenvalue weighted by molar-refractivity contribution is -0.384. The van der Waals surface area contributed by atoms with Crippen LogP contribution in [0.1, 0.15) is 33.1 Å². The molecule has 0 aliphatic heterocycles. The largest absolute Gasteiger partial charge is 0.467 e. The molecule has 0 amide bonds. The third-order valence-electron chi connectivity index (χ3n) is 4.10. The number of carbonyl (C=O) groups excluding carboxylic acids is 1. The van der Waals surface area contributed by atoms with Crippen molar-refractivity contribution in [2.24, 2.45) is 5.92 Å². The molecule has 23 heavy (non-hydrogen) atoms. The Bertz CT molecular complexity index is 608. The van der Waals surface area contributed by atoms with Gasteiger partial charge < -0.3 is 9.64 Å². The van der Waals surface area contributed by atoms with Crippen molar-refractivity contribution in [3.8, 4) is 0 Å². The molecule has 2 unspecified atom stereocenters. The number of esters is 1. The molecule has 1 saturated carbocycles. The first-order chi connectivity index (χ1) is 10.9. The number of anilines is 1. The first-order valence-corrected chi connectivity index (χ1v) is 7.81. The minimum atomic E-state index is -0.666. The number of aromatic nitrogens is 2.